The fourth-order valence-corrected chi connectivity index (χ4v) is 5.72. The molecule has 1 aromatic heterocycles. The van der Waals surface area contributed by atoms with Gasteiger partial charge in [-0.3, -0.25) is 14.6 Å². The molecule has 2 unspecified atom stereocenters. The van der Waals surface area contributed by atoms with Gasteiger partial charge < -0.3 is 14.7 Å². The number of rotatable bonds is 10. The van der Waals surface area contributed by atoms with Crippen LogP contribution >= 0.6 is 11.8 Å². The summed E-state index contributed by atoms with van der Waals surface area (Å²) in [7, 11) is 1.57. The van der Waals surface area contributed by atoms with E-state index < -0.39 is 23.5 Å². The highest BCUT2D eigenvalue weighted by atomic mass is 32.2. The second kappa shape index (κ2) is 11.8. The normalized spacial score (nSPS) is 18.3. The molecule has 4 rings (SSSR count). The Labute approximate surface area is 212 Å². The van der Waals surface area contributed by atoms with Gasteiger partial charge in [-0.1, -0.05) is 0 Å². The first-order chi connectivity index (χ1) is 17.3. The SMILES string of the molecule is COc1ccc2nccc(C(=O)CCC3CCN(CCSc4cc(F)cc(F)c4)CC3C(=O)O)c2c1. The molecule has 0 aliphatic carbocycles. The Morgan fingerprint density at radius 2 is 1.94 bits per heavy atom. The highest BCUT2D eigenvalue weighted by Gasteiger charge is 2.34. The second-order valence-electron chi connectivity index (χ2n) is 8.95. The number of aliphatic carboxylic acids is 1. The highest BCUT2D eigenvalue weighted by Crippen LogP contribution is 2.31. The number of pyridine rings is 1. The number of hydrogen-bond acceptors (Lipinski definition) is 6. The number of thioether (sulfide) groups is 1. The van der Waals surface area contributed by atoms with E-state index in [-0.39, 0.29) is 18.1 Å². The standard InChI is InChI=1S/C27H28F2N2O4S/c1-35-20-3-4-25-23(15-20)22(6-8-30-25)26(32)5-2-17-7-9-31(16-24(17)27(33)34)10-11-36-21-13-18(28)12-19(29)14-21/h3-4,6,8,12-15,17,24H,2,5,7,9-11,16H2,1H3,(H,33,34). The van der Waals surface area contributed by atoms with Crippen molar-refractivity contribution in [2.45, 2.75) is 24.2 Å². The Bertz CT molecular complexity index is 1240. The number of carboxylic acids is 1. The quantitative estimate of drug-likeness (QED) is 0.291. The van der Waals surface area contributed by atoms with Gasteiger partial charge in [-0.25, -0.2) is 8.78 Å². The van der Waals surface area contributed by atoms with Crippen LogP contribution in [0.4, 0.5) is 8.78 Å². The van der Waals surface area contributed by atoms with Gasteiger partial charge in [-0.2, -0.15) is 0 Å². The monoisotopic (exact) mass is 514 g/mol. The third-order valence-corrected chi connectivity index (χ3v) is 7.62. The van der Waals surface area contributed by atoms with Crippen molar-refractivity contribution in [1.29, 1.82) is 0 Å². The molecule has 0 bridgehead atoms. The lowest BCUT2D eigenvalue weighted by Gasteiger charge is -2.36. The summed E-state index contributed by atoms with van der Waals surface area (Å²) < 4.78 is 32.0. The van der Waals surface area contributed by atoms with Crippen LogP contribution in [0.3, 0.4) is 0 Å². The van der Waals surface area contributed by atoms with Crippen LogP contribution in [0.5, 0.6) is 5.75 Å². The van der Waals surface area contributed by atoms with E-state index in [9.17, 15) is 23.5 Å². The van der Waals surface area contributed by atoms with E-state index in [2.05, 4.69) is 9.88 Å². The van der Waals surface area contributed by atoms with E-state index in [0.717, 1.165) is 18.0 Å². The largest absolute Gasteiger partial charge is 0.497 e. The number of Topliss-reactive ketones (excluding diaryl/α,β-unsaturated/α-hetero) is 1. The Kier molecular flexibility index (Phi) is 8.53. The smallest absolute Gasteiger partial charge is 0.308 e. The van der Waals surface area contributed by atoms with Gasteiger partial charge in [0.05, 0.1) is 18.5 Å². The van der Waals surface area contributed by atoms with E-state index >= 15 is 0 Å². The zero-order chi connectivity index (χ0) is 25.7. The van der Waals surface area contributed by atoms with Gasteiger partial charge in [0.1, 0.15) is 17.4 Å². The van der Waals surface area contributed by atoms with Crippen LogP contribution < -0.4 is 4.74 Å². The molecule has 0 amide bonds. The Hall–Kier alpha value is -3.04. The molecule has 9 heteroatoms. The molecular weight excluding hydrogens is 486 g/mol. The van der Waals surface area contributed by atoms with Gasteiger partial charge in [0.25, 0.3) is 0 Å². The predicted octanol–water partition coefficient (Wildman–Crippen LogP) is 5.30. The van der Waals surface area contributed by atoms with Gasteiger partial charge in [-0.15, -0.1) is 11.8 Å². The maximum absolute atomic E-state index is 13.4. The number of benzene rings is 2. The molecule has 0 saturated carbocycles. The molecule has 2 heterocycles. The van der Waals surface area contributed by atoms with Crippen molar-refractivity contribution in [2.75, 3.05) is 32.5 Å². The summed E-state index contributed by atoms with van der Waals surface area (Å²) in [5.74, 6) is -1.57. The average molecular weight is 515 g/mol. The van der Waals surface area contributed by atoms with Gasteiger partial charge >= 0.3 is 5.97 Å². The number of fused-ring (bicyclic) bond motifs is 1. The van der Waals surface area contributed by atoms with Crippen molar-refractivity contribution in [3.05, 3.63) is 65.9 Å². The zero-order valence-corrected chi connectivity index (χ0v) is 20.8. The number of carbonyl (C=O) groups excluding carboxylic acids is 1. The van der Waals surface area contributed by atoms with Gasteiger partial charge in [0.15, 0.2) is 5.78 Å². The van der Waals surface area contributed by atoms with Crippen LogP contribution in [0.1, 0.15) is 29.6 Å². The minimum atomic E-state index is -0.865. The molecule has 1 N–H and O–H groups in total. The number of nitrogens with zero attached hydrogens (tertiary/aromatic N) is 2. The minimum Gasteiger partial charge on any atom is -0.497 e. The van der Waals surface area contributed by atoms with Crippen LogP contribution in [0.15, 0.2) is 53.6 Å². The summed E-state index contributed by atoms with van der Waals surface area (Å²) in [6.07, 6.45) is 3.03. The molecule has 2 atom stereocenters. The van der Waals surface area contributed by atoms with Crippen LogP contribution in [-0.4, -0.2) is 59.2 Å². The minimum absolute atomic E-state index is 0.0408. The number of methoxy groups -OCH3 is 1. The van der Waals surface area contributed by atoms with Gasteiger partial charge in [0.2, 0.25) is 0 Å². The van der Waals surface area contributed by atoms with Crippen molar-refractivity contribution in [1.82, 2.24) is 9.88 Å². The summed E-state index contributed by atoms with van der Waals surface area (Å²) in [6, 6.07) is 10.5. The van der Waals surface area contributed by atoms with Crippen molar-refractivity contribution in [3.63, 3.8) is 0 Å². The third-order valence-electron chi connectivity index (χ3n) is 6.66. The molecule has 2 aromatic carbocycles. The van der Waals surface area contributed by atoms with E-state index in [0.29, 0.717) is 53.4 Å². The molecule has 36 heavy (non-hydrogen) atoms. The molecule has 1 aliphatic rings. The van der Waals surface area contributed by atoms with E-state index in [1.807, 2.05) is 6.07 Å². The lowest BCUT2D eigenvalue weighted by atomic mass is 9.81. The van der Waals surface area contributed by atoms with Gasteiger partial charge in [-0.05, 0) is 61.7 Å². The number of hydrogen-bond donors (Lipinski definition) is 1. The summed E-state index contributed by atoms with van der Waals surface area (Å²) in [5, 5.41) is 10.6. The number of carboxylic acid groups (broad SMARTS) is 1. The number of ketones is 1. The fourth-order valence-electron chi connectivity index (χ4n) is 4.75. The van der Waals surface area contributed by atoms with Crippen LogP contribution in [-0.2, 0) is 4.79 Å². The van der Waals surface area contributed by atoms with Crippen LogP contribution in [0.2, 0.25) is 0 Å². The van der Waals surface area contributed by atoms with Crippen molar-refractivity contribution in [2.24, 2.45) is 11.8 Å². The number of halogens is 2. The van der Waals surface area contributed by atoms with E-state index in [1.54, 1.807) is 31.5 Å². The van der Waals surface area contributed by atoms with Crippen molar-refractivity contribution < 1.29 is 28.2 Å². The Morgan fingerprint density at radius 1 is 1.17 bits per heavy atom. The number of piperidine rings is 1. The van der Waals surface area contributed by atoms with Crippen LogP contribution in [0.25, 0.3) is 10.9 Å². The first-order valence-electron chi connectivity index (χ1n) is 11.8. The number of carbonyl (C=O) groups is 2. The van der Waals surface area contributed by atoms with Crippen molar-refractivity contribution >= 4 is 34.4 Å². The molecular formula is C27H28F2N2O4S. The molecule has 0 spiro atoms. The first kappa shape index (κ1) is 26.0. The fraction of sp³-hybridized carbons (Fsp3) is 0.370. The Balaban J connectivity index is 1.33. The van der Waals surface area contributed by atoms with E-state index in [4.69, 9.17) is 4.74 Å². The highest BCUT2D eigenvalue weighted by molar-refractivity contribution is 7.99. The molecule has 1 fully saturated rings. The second-order valence-corrected chi connectivity index (χ2v) is 10.1. The van der Waals surface area contributed by atoms with Crippen molar-refractivity contribution in [3.8, 4) is 5.75 Å². The number of likely N-dealkylation sites (tertiary alicyclic amines) is 1. The summed E-state index contributed by atoms with van der Waals surface area (Å²) >= 11 is 1.34. The Morgan fingerprint density at radius 3 is 2.67 bits per heavy atom. The topological polar surface area (TPSA) is 79.7 Å². The zero-order valence-electron chi connectivity index (χ0n) is 20.0. The maximum atomic E-state index is 13.4. The number of ether oxygens (including phenoxy) is 1. The third kappa shape index (κ3) is 6.39. The molecule has 6 nitrogen and oxygen atoms in total. The summed E-state index contributed by atoms with van der Waals surface area (Å²) in [4.78, 5) is 32.0. The summed E-state index contributed by atoms with van der Waals surface area (Å²) in [5.41, 5.74) is 1.27. The molecule has 1 aliphatic heterocycles. The van der Waals surface area contributed by atoms with Gasteiger partial charge in [0, 0.05) is 53.4 Å². The first-order valence-corrected chi connectivity index (χ1v) is 12.8. The molecule has 3 aromatic rings. The molecule has 0 radical (unpaired) electrons. The average Bonchev–Trinajstić information content (AvgIpc) is 2.86. The molecule has 1 saturated heterocycles. The van der Waals surface area contributed by atoms with Crippen LogP contribution in [0, 0.1) is 23.5 Å². The predicted molar refractivity (Wildman–Crippen MR) is 135 cm³/mol. The lowest BCUT2D eigenvalue weighted by molar-refractivity contribution is -0.146. The number of aromatic nitrogens is 1. The lowest BCUT2D eigenvalue weighted by Crippen LogP contribution is -2.44. The summed E-state index contributed by atoms with van der Waals surface area (Å²) in [6.45, 7) is 1.72. The van der Waals surface area contributed by atoms with E-state index in [1.165, 1.54) is 23.9 Å². The maximum Gasteiger partial charge on any atom is 0.308 e. The molecule has 190 valence electrons.